The smallest absolute Gasteiger partial charge is 0.352 e. The number of hydrogen-bond donors (Lipinski definition) is 1. The molecular weight excluding hydrogens is 583 g/mol. The molecule has 11 heteroatoms. The summed E-state index contributed by atoms with van der Waals surface area (Å²) in [6, 6.07) is 13.3. The highest BCUT2D eigenvalue weighted by Crippen LogP contribution is 2.43. The fraction of sp³-hybridized carbons (Fsp3) is 0.312. The lowest BCUT2D eigenvalue weighted by atomic mass is 9.98. The summed E-state index contributed by atoms with van der Waals surface area (Å²) in [5.41, 5.74) is 3.31. The molecule has 0 aliphatic carbocycles. The van der Waals surface area contributed by atoms with Gasteiger partial charge >= 0.3 is 5.97 Å². The van der Waals surface area contributed by atoms with Crippen LogP contribution in [0.25, 0.3) is 32.8 Å². The van der Waals surface area contributed by atoms with Crippen molar-refractivity contribution >= 4 is 39.2 Å². The van der Waals surface area contributed by atoms with Crippen molar-refractivity contribution in [1.29, 1.82) is 0 Å². The van der Waals surface area contributed by atoms with Gasteiger partial charge in [-0.15, -0.1) is 0 Å². The first-order valence-corrected chi connectivity index (χ1v) is 14.3. The molecule has 5 aromatic rings. The summed E-state index contributed by atoms with van der Waals surface area (Å²) in [6.07, 6.45) is 0.137. The van der Waals surface area contributed by atoms with Gasteiger partial charge in [0.2, 0.25) is 0 Å². The Bertz CT molecular complexity index is 1880. The van der Waals surface area contributed by atoms with E-state index in [1.54, 1.807) is 48.1 Å². The summed E-state index contributed by atoms with van der Waals surface area (Å²) >= 11 is 6.80. The van der Waals surface area contributed by atoms with Gasteiger partial charge in [0.25, 0.3) is 5.92 Å². The second-order valence-electron chi connectivity index (χ2n) is 10.8. The Hall–Kier alpha value is -4.02. The molecule has 0 spiro atoms. The fourth-order valence-corrected chi connectivity index (χ4v) is 6.23. The Kier molecular flexibility index (Phi) is 7.60. The van der Waals surface area contributed by atoms with E-state index in [2.05, 4.69) is 5.10 Å². The SMILES string of the molecule is Cc1c2c(nn1C)COCC(F)(F)CCn1c(C(=O)O)c(CCCOc3cccc4cc(F)ccc34)c3ccc(Cl)c-2c31. The largest absolute Gasteiger partial charge is 0.493 e. The van der Waals surface area contributed by atoms with Crippen molar-refractivity contribution in [3.63, 3.8) is 0 Å². The van der Waals surface area contributed by atoms with Crippen LogP contribution in [0.1, 0.15) is 40.3 Å². The van der Waals surface area contributed by atoms with Crippen molar-refractivity contribution in [3.05, 3.63) is 82.0 Å². The van der Waals surface area contributed by atoms with E-state index < -0.39 is 24.9 Å². The lowest BCUT2D eigenvalue weighted by Gasteiger charge is -2.18. The molecule has 2 aromatic heterocycles. The molecule has 0 saturated heterocycles. The van der Waals surface area contributed by atoms with Gasteiger partial charge in [-0.2, -0.15) is 5.10 Å². The number of alkyl halides is 2. The molecule has 7 nitrogen and oxygen atoms in total. The van der Waals surface area contributed by atoms with Crippen molar-refractivity contribution in [2.45, 2.75) is 45.3 Å². The minimum atomic E-state index is -3.19. The number of carboxylic acids is 1. The number of ether oxygens (including phenoxy) is 2. The van der Waals surface area contributed by atoms with Gasteiger partial charge in [0.05, 0.1) is 29.4 Å². The molecule has 0 unspecified atom stereocenters. The van der Waals surface area contributed by atoms with E-state index in [1.165, 1.54) is 16.7 Å². The highest BCUT2D eigenvalue weighted by Gasteiger charge is 2.34. The van der Waals surface area contributed by atoms with Crippen molar-refractivity contribution in [2.75, 3.05) is 13.2 Å². The predicted molar refractivity (Wildman–Crippen MR) is 158 cm³/mol. The Morgan fingerprint density at radius 1 is 1.16 bits per heavy atom. The number of aromatic carboxylic acids is 1. The number of rotatable bonds is 6. The van der Waals surface area contributed by atoms with Gasteiger partial charge < -0.3 is 19.1 Å². The van der Waals surface area contributed by atoms with E-state index >= 15 is 0 Å². The number of halogens is 4. The third-order valence-electron chi connectivity index (χ3n) is 8.02. The van der Waals surface area contributed by atoms with Crippen LogP contribution >= 0.6 is 11.6 Å². The molecule has 1 aliphatic heterocycles. The van der Waals surface area contributed by atoms with Gasteiger partial charge in [-0.05, 0) is 61.0 Å². The van der Waals surface area contributed by atoms with Crippen LogP contribution in [0.4, 0.5) is 13.2 Å². The Labute approximate surface area is 250 Å². The maximum absolute atomic E-state index is 14.9. The molecule has 0 fully saturated rings. The zero-order chi connectivity index (χ0) is 30.5. The van der Waals surface area contributed by atoms with E-state index in [4.69, 9.17) is 21.1 Å². The van der Waals surface area contributed by atoms with Gasteiger partial charge in [0.15, 0.2) is 0 Å². The first kappa shape index (κ1) is 29.1. The van der Waals surface area contributed by atoms with E-state index in [0.717, 1.165) is 11.1 Å². The number of aromatic nitrogens is 3. The summed E-state index contributed by atoms with van der Waals surface area (Å²) < 4.78 is 58.0. The molecule has 6 rings (SSSR count). The lowest BCUT2D eigenvalue weighted by molar-refractivity contribution is -0.0890. The predicted octanol–water partition coefficient (Wildman–Crippen LogP) is 7.56. The Morgan fingerprint density at radius 2 is 1.95 bits per heavy atom. The molecule has 0 bridgehead atoms. The van der Waals surface area contributed by atoms with Crippen molar-refractivity contribution in [2.24, 2.45) is 7.05 Å². The molecule has 0 saturated carbocycles. The van der Waals surface area contributed by atoms with E-state index in [0.29, 0.717) is 62.3 Å². The number of carbonyl (C=O) groups is 1. The van der Waals surface area contributed by atoms with E-state index in [-0.39, 0.29) is 31.3 Å². The zero-order valence-corrected chi connectivity index (χ0v) is 24.3. The molecule has 3 heterocycles. The number of hydrogen-bond acceptors (Lipinski definition) is 4. The molecule has 0 radical (unpaired) electrons. The molecule has 1 aliphatic rings. The molecule has 3 aromatic carbocycles. The quantitative estimate of drug-likeness (QED) is 0.201. The van der Waals surface area contributed by atoms with Crippen molar-refractivity contribution in [1.82, 2.24) is 14.3 Å². The minimum Gasteiger partial charge on any atom is -0.493 e. The first-order valence-electron chi connectivity index (χ1n) is 13.9. The molecule has 43 heavy (non-hydrogen) atoms. The summed E-state index contributed by atoms with van der Waals surface area (Å²) in [6.45, 7) is 0.894. The van der Waals surface area contributed by atoms with Crippen LogP contribution in [0.15, 0.2) is 48.5 Å². The zero-order valence-electron chi connectivity index (χ0n) is 23.6. The Balaban J connectivity index is 1.43. The highest BCUT2D eigenvalue weighted by atomic mass is 35.5. The number of carboxylic acid groups (broad SMARTS) is 1. The number of fused-ring (bicyclic) bond motifs is 3. The fourth-order valence-electron chi connectivity index (χ4n) is 5.98. The van der Waals surface area contributed by atoms with Gasteiger partial charge in [0.1, 0.15) is 23.9 Å². The number of nitrogens with zero attached hydrogens (tertiary/aromatic N) is 3. The van der Waals surface area contributed by atoms with Crippen LogP contribution in [0.5, 0.6) is 5.75 Å². The van der Waals surface area contributed by atoms with Crippen LogP contribution in [-0.2, 0) is 31.4 Å². The molecule has 0 atom stereocenters. The summed E-state index contributed by atoms with van der Waals surface area (Å²) in [4.78, 5) is 12.8. The van der Waals surface area contributed by atoms with Crippen LogP contribution in [0.2, 0.25) is 5.02 Å². The third-order valence-corrected chi connectivity index (χ3v) is 8.34. The molecule has 224 valence electrons. The van der Waals surface area contributed by atoms with Crippen LogP contribution in [0.3, 0.4) is 0 Å². The second kappa shape index (κ2) is 11.2. The molecule has 1 N–H and O–H groups in total. The maximum atomic E-state index is 14.9. The Morgan fingerprint density at radius 3 is 2.74 bits per heavy atom. The number of benzene rings is 3. The molecular formula is C32H29ClF3N3O4. The van der Waals surface area contributed by atoms with Crippen LogP contribution in [0, 0.1) is 12.7 Å². The maximum Gasteiger partial charge on any atom is 0.352 e. The van der Waals surface area contributed by atoms with Gasteiger partial charge in [-0.3, -0.25) is 4.68 Å². The summed E-state index contributed by atoms with van der Waals surface area (Å²) in [7, 11) is 1.75. The molecule has 0 amide bonds. The summed E-state index contributed by atoms with van der Waals surface area (Å²) in [5.74, 6) is -4.16. The van der Waals surface area contributed by atoms with Gasteiger partial charge in [-0.1, -0.05) is 29.8 Å². The van der Waals surface area contributed by atoms with Crippen molar-refractivity contribution in [3.8, 4) is 16.9 Å². The minimum absolute atomic E-state index is 0.0572. The van der Waals surface area contributed by atoms with Gasteiger partial charge in [-0.25, -0.2) is 18.0 Å². The first-order chi connectivity index (χ1) is 20.6. The standard InChI is InChI=1S/C32H29ClF3N3O4/c1-18-27-25(37-38(18)2)16-42-17-32(35,36)12-13-39-29-23(10-11-24(33)28(27)29)22(30(39)31(40)41)6-4-14-43-26-7-3-5-19-15-20(34)8-9-21(19)26/h3,5,7-11,15H,4,6,12-14,16-17H2,1-2H3,(H,40,41). The number of aryl methyl sites for hydroxylation is 3. The third kappa shape index (κ3) is 5.34. The highest BCUT2D eigenvalue weighted by molar-refractivity contribution is 6.35. The lowest BCUT2D eigenvalue weighted by Crippen LogP contribution is -2.26. The van der Waals surface area contributed by atoms with Crippen LogP contribution < -0.4 is 4.74 Å². The van der Waals surface area contributed by atoms with Crippen molar-refractivity contribution < 1.29 is 32.5 Å². The second-order valence-corrected chi connectivity index (χ2v) is 11.2. The average molecular weight is 612 g/mol. The van der Waals surface area contributed by atoms with E-state index in [1.807, 2.05) is 6.92 Å². The normalized spacial score (nSPS) is 14.9. The van der Waals surface area contributed by atoms with Crippen LogP contribution in [-0.4, -0.2) is 44.6 Å². The average Bonchev–Trinajstić information content (AvgIpc) is 3.41. The van der Waals surface area contributed by atoms with E-state index in [9.17, 15) is 23.1 Å². The topological polar surface area (TPSA) is 78.5 Å². The monoisotopic (exact) mass is 611 g/mol. The van der Waals surface area contributed by atoms with Gasteiger partial charge in [0, 0.05) is 47.6 Å². The summed E-state index contributed by atoms with van der Waals surface area (Å²) in [5, 5.41) is 17.4.